The lowest BCUT2D eigenvalue weighted by Crippen LogP contribution is -2.36. The molecule has 6 nitrogen and oxygen atoms in total. The number of aromatic nitrogens is 1. The van der Waals surface area contributed by atoms with E-state index in [4.69, 9.17) is 9.72 Å². The average molecular weight is 409 g/mol. The normalized spacial score (nSPS) is 19.4. The Morgan fingerprint density at radius 1 is 1.24 bits per heavy atom. The first-order valence-corrected chi connectivity index (χ1v) is 10.7. The fourth-order valence-electron chi connectivity index (χ4n) is 3.88. The van der Waals surface area contributed by atoms with E-state index >= 15 is 0 Å². The molecule has 2 N–H and O–H groups in total. The summed E-state index contributed by atoms with van der Waals surface area (Å²) in [7, 11) is 0. The van der Waals surface area contributed by atoms with E-state index in [-0.39, 0.29) is 12.6 Å². The fourth-order valence-corrected chi connectivity index (χ4v) is 4.88. The topological polar surface area (TPSA) is 60.9 Å². The van der Waals surface area contributed by atoms with E-state index in [9.17, 15) is 5.11 Å². The molecule has 1 saturated heterocycles. The van der Waals surface area contributed by atoms with Crippen molar-refractivity contribution in [3.8, 4) is 0 Å². The van der Waals surface area contributed by atoms with Crippen LogP contribution in [0, 0.1) is 6.92 Å². The van der Waals surface area contributed by atoms with Crippen LogP contribution in [0.25, 0.3) is 10.2 Å². The van der Waals surface area contributed by atoms with Crippen molar-refractivity contribution in [1.82, 2.24) is 10.4 Å². The molecule has 5 rings (SSSR count). The summed E-state index contributed by atoms with van der Waals surface area (Å²) in [4.78, 5) is 8.17. The van der Waals surface area contributed by atoms with Crippen molar-refractivity contribution in [2.24, 2.45) is 0 Å². The predicted octanol–water partition coefficient (Wildman–Crippen LogP) is 3.51. The molecule has 0 spiro atoms. The molecular weight excluding hydrogens is 384 g/mol. The summed E-state index contributed by atoms with van der Waals surface area (Å²) in [6.07, 6.45) is 4.20. The van der Waals surface area contributed by atoms with Gasteiger partial charge >= 0.3 is 0 Å². The molecule has 1 aromatic carbocycles. The highest BCUT2D eigenvalue weighted by molar-refractivity contribution is 7.19. The lowest BCUT2D eigenvalue weighted by molar-refractivity contribution is 0.123. The third-order valence-electron chi connectivity index (χ3n) is 5.36. The van der Waals surface area contributed by atoms with E-state index in [1.54, 1.807) is 11.3 Å². The number of ether oxygens (including phenoxy) is 1. The summed E-state index contributed by atoms with van der Waals surface area (Å²) < 4.78 is 6.66. The largest absolute Gasteiger partial charge is 0.391 e. The van der Waals surface area contributed by atoms with Gasteiger partial charge in [-0.2, -0.15) is 0 Å². The number of aliphatic hydroxyl groups is 1. The number of nitrogens with one attached hydrogen (secondary N) is 1. The highest BCUT2D eigenvalue weighted by Gasteiger charge is 2.23. The number of hydrogen-bond donors (Lipinski definition) is 2. The van der Waals surface area contributed by atoms with Crippen LogP contribution in [0.5, 0.6) is 0 Å². The molecule has 0 amide bonds. The van der Waals surface area contributed by atoms with Gasteiger partial charge in [0.05, 0.1) is 41.8 Å². The molecule has 3 aromatic rings. The number of aliphatic hydroxyl groups excluding tert-OH is 1. The van der Waals surface area contributed by atoms with Gasteiger partial charge in [-0.05, 0) is 24.6 Å². The number of aryl methyl sites for hydroxylation is 1. The van der Waals surface area contributed by atoms with E-state index in [0.717, 1.165) is 52.9 Å². The van der Waals surface area contributed by atoms with Crippen LogP contribution in [0.3, 0.4) is 0 Å². The van der Waals surface area contributed by atoms with Gasteiger partial charge in [0.2, 0.25) is 0 Å². The van der Waals surface area contributed by atoms with E-state index in [0.29, 0.717) is 0 Å². The van der Waals surface area contributed by atoms with E-state index in [1.165, 1.54) is 11.1 Å². The molecular formula is C22H24N4O2S. The first-order valence-electron chi connectivity index (χ1n) is 9.88. The van der Waals surface area contributed by atoms with E-state index < -0.39 is 0 Å². The molecule has 2 aliphatic rings. The van der Waals surface area contributed by atoms with Crippen LogP contribution in [0.15, 0.2) is 48.7 Å². The van der Waals surface area contributed by atoms with Gasteiger partial charge in [0.15, 0.2) is 0 Å². The highest BCUT2D eigenvalue weighted by Crippen LogP contribution is 2.37. The Kier molecular flexibility index (Phi) is 4.97. The molecule has 29 heavy (non-hydrogen) atoms. The maximum absolute atomic E-state index is 9.62. The van der Waals surface area contributed by atoms with Gasteiger partial charge in [-0.15, -0.1) is 11.3 Å². The highest BCUT2D eigenvalue weighted by atomic mass is 32.1. The minimum absolute atomic E-state index is 0.0379. The molecule has 2 aromatic heterocycles. The molecule has 1 unspecified atom stereocenters. The lowest BCUT2D eigenvalue weighted by Gasteiger charge is -2.30. The summed E-state index contributed by atoms with van der Waals surface area (Å²) in [5.41, 5.74) is 8.10. The van der Waals surface area contributed by atoms with Crippen molar-refractivity contribution in [2.45, 2.75) is 19.6 Å². The van der Waals surface area contributed by atoms with Crippen LogP contribution < -0.4 is 15.3 Å². The third kappa shape index (κ3) is 3.62. The summed E-state index contributed by atoms with van der Waals surface area (Å²) >= 11 is 1.62. The number of benzene rings is 1. The summed E-state index contributed by atoms with van der Waals surface area (Å²) in [6.45, 7) is 5.33. The maximum Gasteiger partial charge on any atom is 0.149 e. The van der Waals surface area contributed by atoms with Gasteiger partial charge < -0.3 is 14.7 Å². The number of pyridine rings is 1. The van der Waals surface area contributed by atoms with Gasteiger partial charge in [0.25, 0.3) is 0 Å². The number of nitrogens with zero attached hydrogens (tertiary/aromatic N) is 3. The van der Waals surface area contributed by atoms with Crippen molar-refractivity contribution in [2.75, 3.05) is 36.2 Å². The number of fused-ring (bicyclic) bond motifs is 1. The molecule has 0 bridgehead atoms. The first-order chi connectivity index (χ1) is 14.2. The third-order valence-corrected chi connectivity index (χ3v) is 6.49. The second kappa shape index (κ2) is 7.76. The summed E-state index contributed by atoms with van der Waals surface area (Å²) in [6, 6.07) is 12.8. The van der Waals surface area contributed by atoms with Crippen LogP contribution in [-0.2, 0) is 11.3 Å². The van der Waals surface area contributed by atoms with Gasteiger partial charge in [-0.3, -0.25) is 5.01 Å². The molecule has 2 aliphatic heterocycles. The zero-order valence-electron chi connectivity index (χ0n) is 16.3. The van der Waals surface area contributed by atoms with Gasteiger partial charge in [-0.1, -0.05) is 29.8 Å². The number of hydrazine groups is 1. The van der Waals surface area contributed by atoms with Crippen molar-refractivity contribution < 1.29 is 9.84 Å². The average Bonchev–Trinajstić information content (AvgIpc) is 3.41. The minimum atomic E-state index is 0.0379. The molecule has 1 atom stereocenters. The first kappa shape index (κ1) is 18.6. The second-order valence-corrected chi connectivity index (χ2v) is 8.55. The van der Waals surface area contributed by atoms with Crippen molar-refractivity contribution in [1.29, 1.82) is 0 Å². The van der Waals surface area contributed by atoms with Gasteiger partial charge in [-0.25, -0.2) is 10.4 Å². The number of thiophene rings is 1. The zero-order chi connectivity index (χ0) is 19.8. The maximum atomic E-state index is 9.62. The number of anilines is 2. The molecule has 0 saturated carbocycles. The van der Waals surface area contributed by atoms with Crippen molar-refractivity contribution in [3.05, 3.63) is 64.7 Å². The smallest absolute Gasteiger partial charge is 0.149 e. The van der Waals surface area contributed by atoms with Crippen molar-refractivity contribution >= 4 is 33.1 Å². The zero-order valence-corrected chi connectivity index (χ0v) is 17.2. The Morgan fingerprint density at radius 3 is 2.90 bits per heavy atom. The number of morpholine rings is 1. The standard InChI is InChI=1S/C22H24N4O2S/c1-15-3-2-4-16(11-15)18-5-6-26(24-18)21-13-20(25-7-9-28-10-8-25)22-19(23-21)12-17(14-27)29-22/h2-6,11-13,18,24,27H,7-10,14H2,1H3. The monoisotopic (exact) mass is 408 g/mol. The molecule has 0 radical (unpaired) electrons. The van der Waals surface area contributed by atoms with Crippen LogP contribution >= 0.6 is 11.3 Å². The van der Waals surface area contributed by atoms with Crippen molar-refractivity contribution in [3.63, 3.8) is 0 Å². The second-order valence-electron chi connectivity index (χ2n) is 7.42. The molecule has 0 aliphatic carbocycles. The lowest BCUT2D eigenvalue weighted by atomic mass is 10.1. The summed E-state index contributed by atoms with van der Waals surface area (Å²) in [5, 5.41) is 11.6. The molecule has 7 heteroatoms. The Morgan fingerprint density at radius 2 is 2.10 bits per heavy atom. The Balaban J connectivity index is 1.49. The molecule has 1 fully saturated rings. The molecule has 4 heterocycles. The van der Waals surface area contributed by atoms with Gasteiger partial charge in [0.1, 0.15) is 5.82 Å². The SMILES string of the molecule is Cc1cccc(C2C=CN(c3cc(N4CCOCC4)c4sc(CO)cc4n3)N2)c1. The van der Waals surface area contributed by atoms with Gasteiger partial charge in [0, 0.05) is 30.2 Å². The Hall–Kier alpha value is -2.45. The Labute approximate surface area is 174 Å². The van der Waals surface area contributed by atoms with E-state index in [2.05, 4.69) is 53.7 Å². The van der Waals surface area contributed by atoms with Crippen LogP contribution in [-0.4, -0.2) is 36.4 Å². The number of hydrogen-bond acceptors (Lipinski definition) is 7. The quantitative estimate of drug-likeness (QED) is 0.689. The number of rotatable bonds is 4. The fraction of sp³-hybridized carbons (Fsp3) is 0.318. The van der Waals surface area contributed by atoms with E-state index in [1.807, 2.05) is 17.3 Å². The van der Waals surface area contributed by atoms with Crippen LogP contribution in [0.4, 0.5) is 11.5 Å². The Bertz CT molecular complexity index is 1060. The molecule has 150 valence electrons. The predicted molar refractivity (Wildman–Crippen MR) is 117 cm³/mol. The summed E-state index contributed by atoms with van der Waals surface area (Å²) in [5.74, 6) is 0.854. The van der Waals surface area contributed by atoms with Crippen LogP contribution in [0.2, 0.25) is 0 Å². The minimum Gasteiger partial charge on any atom is -0.391 e. The van der Waals surface area contributed by atoms with Crippen LogP contribution in [0.1, 0.15) is 22.0 Å².